The van der Waals surface area contributed by atoms with Crippen LogP contribution >= 0.6 is 15.9 Å². The highest BCUT2D eigenvalue weighted by Crippen LogP contribution is 2.38. The fraction of sp³-hybridized carbons (Fsp3) is 0.167. The number of furan rings is 1. The second-order valence-corrected chi connectivity index (χ2v) is 4.62. The van der Waals surface area contributed by atoms with E-state index >= 15 is 0 Å². The Morgan fingerprint density at radius 2 is 1.89 bits per heavy atom. The monoisotopic (exact) mass is 338 g/mol. The highest BCUT2D eigenvalue weighted by molar-refractivity contribution is 9.10. The Hall–Kier alpha value is -1.34. The third-order valence-electron chi connectivity index (χ3n) is 2.51. The molecule has 0 amide bonds. The zero-order valence-corrected chi connectivity index (χ0v) is 10.8. The Labute approximate surface area is 113 Å². The summed E-state index contributed by atoms with van der Waals surface area (Å²) in [5, 5.41) is 9.94. The molecule has 0 radical (unpaired) electrons. The van der Waals surface area contributed by atoms with Gasteiger partial charge in [0.2, 0.25) is 0 Å². The summed E-state index contributed by atoms with van der Waals surface area (Å²) < 4.78 is 56.7. The minimum Gasteiger partial charge on any atom is -0.465 e. The van der Waals surface area contributed by atoms with Crippen molar-refractivity contribution in [1.29, 1.82) is 0 Å². The van der Waals surface area contributed by atoms with E-state index in [1.54, 1.807) is 0 Å². The topological polar surface area (TPSA) is 33.4 Å². The summed E-state index contributed by atoms with van der Waals surface area (Å²) >= 11 is 3.03. The lowest BCUT2D eigenvalue weighted by atomic mass is 10.00. The zero-order valence-electron chi connectivity index (χ0n) is 9.21. The maximum Gasteiger partial charge on any atom is 0.416 e. The van der Waals surface area contributed by atoms with E-state index in [0.29, 0.717) is 22.7 Å². The molecule has 1 N–H and O–H groups in total. The van der Waals surface area contributed by atoms with Crippen molar-refractivity contribution in [2.24, 2.45) is 0 Å². The molecule has 19 heavy (non-hydrogen) atoms. The maximum absolute atomic E-state index is 13.1. The molecule has 0 saturated heterocycles. The highest BCUT2D eigenvalue weighted by atomic mass is 79.9. The van der Waals surface area contributed by atoms with Crippen LogP contribution in [0.4, 0.5) is 17.6 Å². The van der Waals surface area contributed by atoms with Crippen LogP contribution in [-0.4, -0.2) is 5.11 Å². The van der Waals surface area contributed by atoms with Crippen molar-refractivity contribution >= 4 is 15.9 Å². The van der Waals surface area contributed by atoms with Crippen LogP contribution in [0.2, 0.25) is 0 Å². The third-order valence-corrected chi connectivity index (χ3v) is 3.16. The second kappa shape index (κ2) is 4.97. The van der Waals surface area contributed by atoms with Crippen molar-refractivity contribution in [3.63, 3.8) is 0 Å². The van der Waals surface area contributed by atoms with Crippen molar-refractivity contribution in [2.45, 2.75) is 12.3 Å². The van der Waals surface area contributed by atoms with Crippen LogP contribution in [0.1, 0.15) is 23.0 Å². The van der Waals surface area contributed by atoms with Gasteiger partial charge in [-0.25, -0.2) is 4.39 Å². The minimum atomic E-state index is -4.69. The number of rotatable bonds is 2. The van der Waals surface area contributed by atoms with Gasteiger partial charge in [-0.15, -0.1) is 0 Å². The summed E-state index contributed by atoms with van der Waals surface area (Å²) in [5.41, 5.74) is -1.70. The van der Waals surface area contributed by atoms with Crippen LogP contribution in [0.3, 0.4) is 0 Å². The van der Waals surface area contributed by atoms with E-state index < -0.39 is 29.2 Å². The second-order valence-electron chi connectivity index (χ2n) is 3.76. The number of aliphatic hydroxyl groups is 1. The molecule has 1 unspecified atom stereocenters. The Kier molecular flexibility index (Phi) is 3.69. The summed E-state index contributed by atoms with van der Waals surface area (Å²) in [6, 6.07) is 3.34. The minimum absolute atomic E-state index is 0.115. The number of hydrogen-bond donors (Lipinski definition) is 1. The SMILES string of the molecule is OC(c1cc(F)ccc1C(F)(F)F)c1occc1Br. The molecular formula is C12H7BrF4O2. The summed E-state index contributed by atoms with van der Waals surface area (Å²) in [6.45, 7) is 0. The zero-order chi connectivity index (χ0) is 14.2. The lowest BCUT2D eigenvalue weighted by Crippen LogP contribution is -2.13. The number of aliphatic hydroxyl groups excluding tert-OH is 1. The first-order valence-corrected chi connectivity index (χ1v) is 5.87. The largest absolute Gasteiger partial charge is 0.465 e. The van der Waals surface area contributed by atoms with E-state index in [0.717, 1.165) is 0 Å². The fourth-order valence-electron chi connectivity index (χ4n) is 1.66. The van der Waals surface area contributed by atoms with Crippen molar-refractivity contribution in [3.05, 3.63) is 57.7 Å². The van der Waals surface area contributed by atoms with Gasteiger partial charge in [-0.3, -0.25) is 0 Å². The van der Waals surface area contributed by atoms with E-state index in [4.69, 9.17) is 4.42 Å². The molecule has 1 atom stereocenters. The van der Waals surface area contributed by atoms with Crippen LogP contribution in [0.5, 0.6) is 0 Å². The van der Waals surface area contributed by atoms with Crippen LogP contribution in [0.15, 0.2) is 39.4 Å². The lowest BCUT2D eigenvalue weighted by molar-refractivity contribution is -0.139. The lowest BCUT2D eigenvalue weighted by Gasteiger charge is -2.16. The van der Waals surface area contributed by atoms with Gasteiger partial charge in [-0.2, -0.15) is 13.2 Å². The molecule has 1 aromatic heterocycles. The van der Waals surface area contributed by atoms with Gasteiger partial charge in [0.05, 0.1) is 16.3 Å². The first-order chi connectivity index (χ1) is 8.80. The number of alkyl halides is 3. The highest BCUT2D eigenvalue weighted by Gasteiger charge is 2.36. The molecule has 2 nitrogen and oxygen atoms in total. The molecular weight excluding hydrogens is 332 g/mol. The maximum atomic E-state index is 13.1. The average Bonchev–Trinajstić information content (AvgIpc) is 2.72. The average molecular weight is 339 g/mol. The molecule has 1 aromatic carbocycles. The molecule has 0 aliphatic heterocycles. The number of hydrogen-bond acceptors (Lipinski definition) is 2. The van der Waals surface area contributed by atoms with Crippen LogP contribution < -0.4 is 0 Å². The van der Waals surface area contributed by atoms with E-state index in [1.165, 1.54) is 12.3 Å². The molecule has 7 heteroatoms. The molecule has 0 aliphatic rings. The molecule has 0 spiro atoms. The summed E-state index contributed by atoms with van der Waals surface area (Å²) in [5.74, 6) is -0.985. The Balaban J connectivity index is 2.55. The fourth-order valence-corrected chi connectivity index (χ4v) is 2.08. The normalized spacial score (nSPS) is 13.6. The van der Waals surface area contributed by atoms with Crippen molar-refractivity contribution in [2.75, 3.05) is 0 Å². The van der Waals surface area contributed by atoms with Gasteiger partial charge in [0, 0.05) is 5.56 Å². The van der Waals surface area contributed by atoms with Crippen molar-refractivity contribution in [1.82, 2.24) is 0 Å². The third kappa shape index (κ3) is 2.82. The van der Waals surface area contributed by atoms with Gasteiger partial charge in [-0.1, -0.05) is 0 Å². The van der Waals surface area contributed by atoms with E-state index in [1.807, 2.05) is 0 Å². The van der Waals surface area contributed by atoms with Crippen molar-refractivity contribution in [3.8, 4) is 0 Å². The van der Waals surface area contributed by atoms with E-state index in [9.17, 15) is 22.7 Å². The molecule has 0 fully saturated rings. The van der Waals surface area contributed by atoms with Crippen molar-refractivity contribution < 1.29 is 27.1 Å². The summed E-state index contributed by atoms with van der Waals surface area (Å²) in [4.78, 5) is 0. The molecule has 2 rings (SSSR count). The first kappa shape index (κ1) is 14.1. The quantitative estimate of drug-likeness (QED) is 0.829. The Morgan fingerprint density at radius 1 is 1.21 bits per heavy atom. The smallest absolute Gasteiger partial charge is 0.416 e. The van der Waals surface area contributed by atoms with Gasteiger partial charge < -0.3 is 9.52 Å². The molecule has 2 aromatic rings. The Bertz CT molecular complexity index is 592. The molecule has 0 aliphatic carbocycles. The molecule has 0 saturated carbocycles. The molecule has 102 valence electrons. The number of halogens is 5. The predicted molar refractivity (Wildman–Crippen MR) is 61.9 cm³/mol. The van der Waals surface area contributed by atoms with Crippen LogP contribution in [0, 0.1) is 5.82 Å². The summed E-state index contributed by atoms with van der Waals surface area (Å²) in [7, 11) is 0. The number of benzene rings is 1. The van der Waals surface area contributed by atoms with Gasteiger partial charge in [0.15, 0.2) is 5.76 Å². The van der Waals surface area contributed by atoms with E-state index in [-0.39, 0.29) is 5.76 Å². The van der Waals surface area contributed by atoms with Gasteiger partial charge in [0.25, 0.3) is 0 Å². The first-order valence-electron chi connectivity index (χ1n) is 5.08. The van der Waals surface area contributed by atoms with Crippen LogP contribution in [0.25, 0.3) is 0 Å². The summed E-state index contributed by atoms with van der Waals surface area (Å²) in [6.07, 6.45) is -5.20. The van der Waals surface area contributed by atoms with Gasteiger partial charge in [-0.05, 0) is 40.2 Å². The predicted octanol–water partition coefficient (Wildman–Crippen LogP) is 4.28. The molecule has 0 bridgehead atoms. The standard InChI is InChI=1S/C12H7BrF4O2/c13-9-3-4-19-11(9)10(18)7-5-6(14)1-2-8(7)12(15,16)17/h1-5,10,18H. The van der Waals surface area contributed by atoms with Gasteiger partial charge in [0.1, 0.15) is 11.9 Å². The van der Waals surface area contributed by atoms with Crippen LogP contribution in [-0.2, 0) is 6.18 Å². The molecule has 1 heterocycles. The van der Waals surface area contributed by atoms with Gasteiger partial charge >= 0.3 is 6.18 Å². The Morgan fingerprint density at radius 3 is 2.42 bits per heavy atom. The van der Waals surface area contributed by atoms with E-state index in [2.05, 4.69) is 15.9 Å².